The first kappa shape index (κ1) is 9.93. The smallest absolute Gasteiger partial charge is 0.162 e. The highest BCUT2D eigenvalue weighted by molar-refractivity contribution is 5.96. The van der Waals surface area contributed by atoms with E-state index >= 15 is 0 Å². The monoisotopic (exact) mass is 177 g/mol. The van der Waals surface area contributed by atoms with Crippen LogP contribution in [0.5, 0.6) is 0 Å². The van der Waals surface area contributed by atoms with Crippen molar-refractivity contribution in [3.8, 4) is 0 Å². The SMILES string of the molecule is CCC(=O)c1ccc(C)c(CN)c1. The summed E-state index contributed by atoms with van der Waals surface area (Å²) in [7, 11) is 0. The maximum absolute atomic E-state index is 11.4. The Labute approximate surface area is 78.8 Å². The fraction of sp³-hybridized carbons (Fsp3) is 0.364. The second-order valence-electron chi connectivity index (χ2n) is 3.12. The van der Waals surface area contributed by atoms with Crippen LogP contribution in [-0.2, 0) is 6.54 Å². The van der Waals surface area contributed by atoms with Gasteiger partial charge in [-0.05, 0) is 24.1 Å². The normalized spacial score (nSPS) is 10.1. The van der Waals surface area contributed by atoms with Gasteiger partial charge in [0.25, 0.3) is 0 Å². The molecule has 0 saturated heterocycles. The van der Waals surface area contributed by atoms with Crippen molar-refractivity contribution in [1.82, 2.24) is 0 Å². The molecule has 0 radical (unpaired) electrons. The minimum atomic E-state index is 0.176. The van der Waals surface area contributed by atoms with Gasteiger partial charge in [-0.2, -0.15) is 0 Å². The molecule has 1 aromatic carbocycles. The first-order chi connectivity index (χ1) is 6.19. The number of carbonyl (C=O) groups is 1. The van der Waals surface area contributed by atoms with E-state index < -0.39 is 0 Å². The summed E-state index contributed by atoms with van der Waals surface area (Å²) in [4.78, 5) is 11.4. The highest BCUT2D eigenvalue weighted by atomic mass is 16.1. The zero-order valence-electron chi connectivity index (χ0n) is 8.13. The molecule has 1 rings (SSSR count). The number of carbonyl (C=O) groups excluding carboxylic acids is 1. The lowest BCUT2D eigenvalue weighted by Gasteiger charge is -2.04. The van der Waals surface area contributed by atoms with Crippen LogP contribution < -0.4 is 5.73 Å². The van der Waals surface area contributed by atoms with E-state index in [9.17, 15) is 4.79 Å². The van der Waals surface area contributed by atoms with E-state index in [0.29, 0.717) is 13.0 Å². The number of nitrogens with two attached hydrogens (primary N) is 1. The van der Waals surface area contributed by atoms with Gasteiger partial charge in [0.2, 0.25) is 0 Å². The molecule has 13 heavy (non-hydrogen) atoms. The Kier molecular flexibility index (Phi) is 3.20. The van der Waals surface area contributed by atoms with Crippen LogP contribution in [0.25, 0.3) is 0 Å². The number of hydrogen-bond acceptors (Lipinski definition) is 2. The molecule has 2 nitrogen and oxygen atoms in total. The van der Waals surface area contributed by atoms with Gasteiger partial charge in [-0.3, -0.25) is 4.79 Å². The largest absolute Gasteiger partial charge is 0.326 e. The Morgan fingerprint density at radius 1 is 1.46 bits per heavy atom. The average Bonchev–Trinajstić information content (AvgIpc) is 2.17. The van der Waals surface area contributed by atoms with Crippen molar-refractivity contribution in [1.29, 1.82) is 0 Å². The van der Waals surface area contributed by atoms with Crippen molar-refractivity contribution in [2.45, 2.75) is 26.8 Å². The van der Waals surface area contributed by atoms with Crippen LogP contribution in [-0.4, -0.2) is 5.78 Å². The second-order valence-corrected chi connectivity index (χ2v) is 3.12. The highest BCUT2D eigenvalue weighted by Crippen LogP contribution is 2.11. The van der Waals surface area contributed by atoms with Crippen molar-refractivity contribution >= 4 is 5.78 Å². The molecule has 0 aliphatic rings. The van der Waals surface area contributed by atoms with E-state index in [4.69, 9.17) is 5.73 Å². The Bertz CT molecular complexity index is 318. The third-order valence-corrected chi connectivity index (χ3v) is 2.21. The van der Waals surface area contributed by atoms with E-state index in [1.54, 1.807) is 0 Å². The van der Waals surface area contributed by atoms with Crippen molar-refractivity contribution in [3.05, 3.63) is 34.9 Å². The third-order valence-electron chi connectivity index (χ3n) is 2.21. The van der Waals surface area contributed by atoms with Gasteiger partial charge in [0.05, 0.1) is 0 Å². The van der Waals surface area contributed by atoms with Gasteiger partial charge in [0, 0.05) is 18.5 Å². The maximum atomic E-state index is 11.4. The number of rotatable bonds is 3. The van der Waals surface area contributed by atoms with Gasteiger partial charge in [-0.15, -0.1) is 0 Å². The predicted octanol–water partition coefficient (Wildman–Crippen LogP) is 2.05. The van der Waals surface area contributed by atoms with Crippen LogP contribution in [0.2, 0.25) is 0 Å². The number of Topliss-reactive ketones (excluding diaryl/α,β-unsaturated/α-hetero) is 1. The van der Waals surface area contributed by atoms with E-state index in [1.807, 2.05) is 32.0 Å². The van der Waals surface area contributed by atoms with Crippen LogP contribution in [0.3, 0.4) is 0 Å². The van der Waals surface area contributed by atoms with Crippen LogP contribution in [0.4, 0.5) is 0 Å². The molecule has 0 atom stereocenters. The molecule has 0 spiro atoms. The number of aryl methyl sites for hydroxylation is 1. The molecule has 0 aliphatic heterocycles. The Hall–Kier alpha value is -1.15. The Morgan fingerprint density at radius 2 is 2.15 bits per heavy atom. The number of benzene rings is 1. The van der Waals surface area contributed by atoms with Crippen molar-refractivity contribution in [2.75, 3.05) is 0 Å². The standard InChI is InChI=1S/C11H15NO/c1-3-11(13)9-5-4-8(2)10(6-9)7-12/h4-6H,3,7,12H2,1-2H3. The molecule has 0 aromatic heterocycles. The minimum absolute atomic E-state index is 0.176. The van der Waals surface area contributed by atoms with E-state index in [0.717, 1.165) is 16.7 Å². The molecular formula is C11H15NO. The average molecular weight is 177 g/mol. The van der Waals surface area contributed by atoms with Crippen LogP contribution in [0.15, 0.2) is 18.2 Å². The quantitative estimate of drug-likeness (QED) is 0.718. The summed E-state index contributed by atoms with van der Waals surface area (Å²) < 4.78 is 0. The molecule has 0 bridgehead atoms. The molecule has 0 amide bonds. The van der Waals surface area contributed by atoms with Gasteiger partial charge in [-0.25, -0.2) is 0 Å². The molecule has 0 aliphatic carbocycles. The third kappa shape index (κ3) is 2.16. The molecular weight excluding hydrogens is 162 g/mol. The summed E-state index contributed by atoms with van der Waals surface area (Å²) in [5.41, 5.74) is 8.52. The molecule has 0 saturated carbocycles. The first-order valence-corrected chi connectivity index (χ1v) is 4.51. The van der Waals surface area contributed by atoms with Gasteiger partial charge < -0.3 is 5.73 Å². The maximum Gasteiger partial charge on any atom is 0.162 e. The van der Waals surface area contributed by atoms with E-state index in [-0.39, 0.29) is 5.78 Å². The van der Waals surface area contributed by atoms with Crippen molar-refractivity contribution in [3.63, 3.8) is 0 Å². The fourth-order valence-electron chi connectivity index (χ4n) is 1.27. The minimum Gasteiger partial charge on any atom is -0.326 e. The second kappa shape index (κ2) is 4.19. The van der Waals surface area contributed by atoms with E-state index in [2.05, 4.69) is 0 Å². The molecule has 0 fully saturated rings. The molecule has 1 aromatic rings. The number of ketones is 1. The fourth-order valence-corrected chi connectivity index (χ4v) is 1.27. The molecule has 0 unspecified atom stereocenters. The summed E-state index contributed by atoms with van der Waals surface area (Å²) >= 11 is 0. The molecule has 2 heteroatoms. The number of hydrogen-bond donors (Lipinski definition) is 1. The van der Waals surface area contributed by atoms with Gasteiger partial charge in [0.15, 0.2) is 5.78 Å². The lowest BCUT2D eigenvalue weighted by molar-refractivity contribution is 0.0988. The summed E-state index contributed by atoms with van der Waals surface area (Å²) in [5, 5.41) is 0. The Balaban J connectivity index is 3.06. The lowest BCUT2D eigenvalue weighted by atomic mass is 10.0. The van der Waals surface area contributed by atoms with Gasteiger partial charge in [-0.1, -0.05) is 19.1 Å². The predicted molar refractivity (Wildman–Crippen MR) is 53.7 cm³/mol. The zero-order chi connectivity index (χ0) is 9.84. The van der Waals surface area contributed by atoms with Crippen LogP contribution in [0.1, 0.15) is 34.8 Å². The Morgan fingerprint density at radius 3 is 2.69 bits per heavy atom. The highest BCUT2D eigenvalue weighted by Gasteiger charge is 2.04. The summed E-state index contributed by atoms with van der Waals surface area (Å²) in [6.07, 6.45) is 0.549. The summed E-state index contributed by atoms with van der Waals surface area (Å²) in [5.74, 6) is 0.176. The van der Waals surface area contributed by atoms with E-state index in [1.165, 1.54) is 0 Å². The molecule has 0 heterocycles. The van der Waals surface area contributed by atoms with Crippen molar-refractivity contribution in [2.24, 2.45) is 5.73 Å². The van der Waals surface area contributed by atoms with Gasteiger partial charge >= 0.3 is 0 Å². The van der Waals surface area contributed by atoms with Crippen molar-refractivity contribution < 1.29 is 4.79 Å². The first-order valence-electron chi connectivity index (χ1n) is 4.51. The zero-order valence-corrected chi connectivity index (χ0v) is 8.13. The van der Waals surface area contributed by atoms with Crippen LogP contribution in [0, 0.1) is 6.92 Å². The molecule has 70 valence electrons. The summed E-state index contributed by atoms with van der Waals surface area (Å²) in [6.45, 7) is 4.36. The summed E-state index contributed by atoms with van der Waals surface area (Å²) in [6, 6.07) is 5.70. The van der Waals surface area contributed by atoms with Crippen LogP contribution >= 0.6 is 0 Å². The topological polar surface area (TPSA) is 43.1 Å². The molecule has 2 N–H and O–H groups in total. The van der Waals surface area contributed by atoms with Gasteiger partial charge in [0.1, 0.15) is 0 Å². The lowest BCUT2D eigenvalue weighted by Crippen LogP contribution is -2.03.